The van der Waals surface area contributed by atoms with Gasteiger partial charge < -0.3 is 15.4 Å². The second kappa shape index (κ2) is 8.77. The van der Waals surface area contributed by atoms with Gasteiger partial charge in [-0.2, -0.15) is 0 Å². The molecule has 7 heteroatoms. The van der Waals surface area contributed by atoms with Crippen molar-refractivity contribution in [3.05, 3.63) is 83.8 Å². The fourth-order valence-corrected chi connectivity index (χ4v) is 2.57. The summed E-state index contributed by atoms with van der Waals surface area (Å²) in [5.41, 5.74) is 2.40. The number of carbonyl (C=O) groups excluding carboxylic acids is 2. The number of halogens is 1. The number of nitrogens with zero attached hydrogens (tertiary/aromatic N) is 1. The van der Waals surface area contributed by atoms with Crippen LogP contribution < -0.4 is 10.6 Å². The van der Waals surface area contributed by atoms with Crippen LogP contribution in [0.25, 0.3) is 0 Å². The summed E-state index contributed by atoms with van der Waals surface area (Å²) in [6.45, 7) is 0. The van der Waals surface area contributed by atoms with Gasteiger partial charge in [0.05, 0.1) is 31.0 Å². The second-order valence-electron chi connectivity index (χ2n) is 5.98. The Balaban J connectivity index is 1.60. The molecule has 0 aliphatic heterocycles. The molecule has 0 atom stereocenters. The third-order valence-electron chi connectivity index (χ3n) is 3.86. The van der Waals surface area contributed by atoms with Crippen LogP contribution in [0.1, 0.15) is 15.9 Å². The molecule has 0 unspecified atom stereocenters. The highest BCUT2D eigenvalue weighted by atomic mass is 19.1. The Morgan fingerprint density at radius 1 is 1.04 bits per heavy atom. The van der Waals surface area contributed by atoms with Crippen LogP contribution in [0.4, 0.5) is 21.6 Å². The number of anilines is 3. The highest BCUT2D eigenvalue weighted by molar-refractivity contribution is 5.92. The lowest BCUT2D eigenvalue weighted by atomic mass is 10.1. The Morgan fingerprint density at radius 3 is 2.57 bits per heavy atom. The van der Waals surface area contributed by atoms with Crippen LogP contribution in [-0.2, 0) is 16.0 Å². The van der Waals surface area contributed by atoms with Gasteiger partial charge in [0.25, 0.3) is 0 Å². The normalized spacial score (nSPS) is 10.2. The van der Waals surface area contributed by atoms with E-state index in [0.717, 1.165) is 0 Å². The molecule has 1 heterocycles. The first kappa shape index (κ1) is 19.0. The van der Waals surface area contributed by atoms with Crippen molar-refractivity contribution in [3.8, 4) is 0 Å². The SMILES string of the molecule is COC(=O)c1cccc(Nc2ccc(NC(=O)Cc3cccc(F)c3)nc2)c1. The molecule has 0 aliphatic carbocycles. The lowest BCUT2D eigenvalue weighted by Gasteiger charge is -2.09. The van der Waals surface area contributed by atoms with Crippen LogP contribution in [-0.4, -0.2) is 24.0 Å². The zero-order chi connectivity index (χ0) is 19.9. The molecule has 0 bridgehead atoms. The van der Waals surface area contributed by atoms with Gasteiger partial charge in [0.15, 0.2) is 0 Å². The van der Waals surface area contributed by atoms with Crippen molar-refractivity contribution >= 4 is 29.1 Å². The second-order valence-corrected chi connectivity index (χ2v) is 5.98. The maximum absolute atomic E-state index is 13.2. The Kier molecular flexibility index (Phi) is 5.96. The zero-order valence-corrected chi connectivity index (χ0v) is 15.1. The number of pyridine rings is 1. The van der Waals surface area contributed by atoms with Gasteiger partial charge in [-0.1, -0.05) is 18.2 Å². The van der Waals surface area contributed by atoms with Crippen LogP contribution in [0.3, 0.4) is 0 Å². The highest BCUT2D eigenvalue weighted by Crippen LogP contribution is 2.19. The minimum atomic E-state index is -0.418. The van der Waals surface area contributed by atoms with Crippen LogP contribution in [0.5, 0.6) is 0 Å². The molecule has 0 fully saturated rings. The number of amides is 1. The van der Waals surface area contributed by atoms with Crippen LogP contribution in [0, 0.1) is 5.82 Å². The van der Waals surface area contributed by atoms with E-state index in [1.54, 1.807) is 54.7 Å². The van der Waals surface area contributed by atoms with E-state index in [1.807, 2.05) is 0 Å². The molecule has 0 saturated carbocycles. The molecule has 28 heavy (non-hydrogen) atoms. The Bertz CT molecular complexity index is 990. The summed E-state index contributed by atoms with van der Waals surface area (Å²) in [7, 11) is 1.33. The molecule has 3 rings (SSSR count). The van der Waals surface area contributed by atoms with Crippen LogP contribution >= 0.6 is 0 Å². The molecule has 1 aromatic heterocycles. The summed E-state index contributed by atoms with van der Waals surface area (Å²) in [6.07, 6.45) is 1.61. The average molecular weight is 379 g/mol. The van der Waals surface area contributed by atoms with Crippen molar-refractivity contribution in [1.82, 2.24) is 4.98 Å². The number of hydrogen-bond acceptors (Lipinski definition) is 5. The largest absolute Gasteiger partial charge is 0.465 e. The number of esters is 1. The standard InChI is InChI=1S/C21H18FN3O3/c1-28-21(27)15-5-3-7-17(12-15)24-18-8-9-19(23-13-18)25-20(26)11-14-4-2-6-16(22)10-14/h2-10,12-13,24H,11H2,1H3,(H,23,25,26). The third kappa shape index (κ3) is 5.14. The van der Waals surface area contributed by atoms with Crippen LogP contribution in [0.2, 0.25) is 0 Å². The van der Waals surface area contributed by atoms with Gasteiger partial charge in [0.2, 0.25) is 5.91 Å². The summed E-state index contributed by atoms with van der Waals surface area (Å²) in [5, 5.41) is 5.80. The van der Waals surface area contributed by atoms with E-state index in [2.05, 4.69) is 15.6 Å². The molecule has 6 nitrogen and oxygen atoms in total. The Hall–Kier alpha value is -3.74. The molecular formula is C21H18FN3O3. The predicted octanol–water partition coefficient (Wildman–Crippen LogP) is 3.93. The Morgan fingerprint density at radius 2 is 1.86 bits per heavy atom. The number of aromatic nitrogens is 1. The van der Waals surface area contributed by atoms with Gasteiger partial charge in [-0.25, -0.2) is 14.2 Å². The van der Waals surface area contributed by atoms with Gasteiger partial charge in [-0.05, 0) is 48.0 Å². The lowest BCUT2D eigenvalue weighted by molar-refractivity contribution is -0.115. The average Bonchev–Trinajstić information content (AvgIpc) is 2.69. The van der Waals surface area contributed by atoms with E-state index < -0.39 is 5.97 Å². The minimum Gasteiger partial charge on any atom is -0.465 e. The van der Waals surface area contributed by atoms with Gasteiger partial charge in [-0.3, -0.25) is 4.79 Å². The highest BCUT2D eigenvalue weighted by Gasteiger charge is 2.07. The number of nitrogens with one attached hydrogen (secondary N) is 2. The number of carbonyl (C=O) groups is 2. The summed E-state index contributed by atoms with van der Waals surface area (Å²) in [4.78, 5) is 27.8. The van der Waals surface area contributed by atoms with E-state index in [-0.39, 0.29) is 18.1 Å². The van der Waals surface area contributed by atoms with Crippen molar-refractivity contribution in [2.45, 2.75) is 6.42 Å². The van der Waals surface area contributed by atoms with E-state index in [0.29, 0.717) is 28.3 Å². The zero-order valence-electron chi connectivity index (χ0n) is 15.1. The monoisotopic (exact) mass is 379 g/mol. The molecule has 2 N–H and O–H groups in total. The summed E-state index contributed by atoms with van der Waals surface area (Å²) >= 11 is 0. The summed E-state index contributed by atoms with van der Waals surface area (Å²) in [5.74, 6) is -0.701. The van der Waals surface area contributed by atoms with Crippen molar-refractivity contribution in [3.63, 3.8) is 0 Å². The fraction of sp³-hybridized carbons (Fsp3) is 0.0952. The van der Waals surface area contributed by atoms with Gasteiger partial charge in [0, 0.05) is 5.69 Å². The first-order valence-electron chi connectivity index (χ1n) is 8.49. The molecular weight excluding hydrogens is 361 g/mol. The molecule has 2 aromatic carbocycles. The maximum Gasteiger partial charge on any atom is 0.337 e. The molecule has 142 valence electrons. The van der Waals surface area contributed by atoms with E-state index in [1.165, 1.54) is 19.2 Å². The molecule has 0 radical (unpaired) electrons. The van der Waals surface area contributed by atoms with Crippen molar-refractivity contribution < 1.29 is 18.7 Å². The maximum atomic E-state index is 13.2. The third-order valence-corrected chi connectivity index (χ3v) is 3.86. The summed E-state index contributed by atoms with van der Waals surface area (Å²) < 4.78 is 17.9. The van der Waals surface area contributed by atoms with E-state index in [4.69, 9.17) is 4.74 Å². The van der Waals surface area contributed by atoms with E-state index >= 15 is 0 Å². The summed E-state index contributed by atoms with van der Waals surface area (Å²) in [6, 6.07) is 16.2. The van der Waals surface area contributed by atoms with Crippen molar-refractivity contribution in [1.29, 1.82) is 0 Å². The number of rotatable bonds is 6. The number of hydrogen-bond donors (Lipinski definition) is 2. The number of ether oxygens (including phenoxy) is 1. The molecule has 0 aliphatic rings. The Labute approximate surface area is 161 Å². The van der Waals surface area contributed by atoms with E-state index in [9.17, 15) is 14.0 Å². The van der Waals surface area contributed by atoms with Gasteiger partial charge in [0.1, 0.15) is 11.6 Å². The lowest BCUT2D eigenvalue weighted by Crippen LogP contribution is -2.15. The van der Waals surface area contributed by atoms with Gasteiger partial charge in [-0.15, -0.1) is 0 Å². The minimum absolute atomic E-state index is 0.0553. The van der Waals surface area contributed by atoms with Gasteiger partial charge >= 0.3 is 5.97 Å². The van der Waals surface area contributed by atoms with Crippen molar-refractivity contribution in [2.24, 2.45) is 0 Å². The topological polar surface area (TPSA) is 80.3 Å². The van der Waals surface area contributed by atoms with Crippen LogP contribution in [0.15, 0.2) is 66.9 Å². The number of benzene rings is 2. The van der Waals surface area contributed by atoms with Crippen molar-refractivity contribution in [2.75, 3.05) is 17.7 Å². The molecule has 0 spiro atoms. The smallest absolute Gasteiger partial charge is 0.337 e. The molecule has 1 amide bonds. The molecule has 3 aromatic rings. The quantitative estimate of drug-likeness (QED) is 0.635. The fourth-order valence-electron chi connectivity index (χ4n) is 2.57. The first-order valence-corrected chi connectivity index (χ1v) is 8.49. The first-order chi connectivity index (χ1) is 13.5. The predicted molar refractivity (Wildman–Crippen MR) is 104 cm³/mol. The molecule has 0 saturated heterocycles. The number of methoxy groups -OCH3 is 1.